The molecule has 2 amide bonds. The Morgan fingerprint density at radius 1 is 1.06 bits per heavy atom. The minimum absolute atomic E-state index is 0.00681. The van der Waals surface area contributed by atoms with Gasteiger partial charge in [0.05, 0.1) is 10.7 Å². The third kappa shape index (κ3) is 6.72. The second-order valence-electron chi connectivity index (χ2n) is 5.95. The van der Waals surface area contributed by atoms with Crippen LogP contribution in [0.15, 0.2) is 52.9 Å². The summed E-state index contributed by atoms with van der Waals surface area (Å²) in [6.07, 6.45) is 0. The summed E-state index contributed by atoms with van der Waals surface area (Å²) in [5, 5.41) is 22.2. The molecule has 13 heteroatoms. The number of carbonyl (C=O) groups excluding carboxylic acids is 2. The summed E-state index contributed by atoms with van der Waals surface area (Å²) in [5.41, 5.74) is 5.41. The lowest BCUT2D eigenvalue weighted by Crippen LogP contribution is -2.42. The topological polar surface area (TPSA) is 139 Å². The Hall–Kier alpha value is -3.58. The fraction of sp³-hybridized carbons (Fsp3) is 0.111. The number of non-ortho nitro benzene ring substituents is 1. The average Bonchev–Trinajstić information content (AvgIpc) is 3.23. The average molecular weight is 462 g/mol. The lowest BCUT2D eigenvalue weighted by molar-refractivity contribution is -0.384. The van der Waals surface area contributed by atoms with Crippen LogP contribution in [0.5, 0.6) is 0 Å². The first-order chi connectivity index (χ1) is 14.9. The van der Waals surface area contributed by atoms with Crippen LogP contribution in [-0.2, 0) is 11.3 Å². The van der Waals surface area contributed by atoms with Gasteiger partial charge < -0.3 is 5.32 Å². The minimum atomic E-state index is -0.601. The number of halogens is 1. The van der Waals surface area contributed by atoms with E-state index in [-0.39, 0.29) is 22.8 Å². The Bertz CT molecular complexity index is 1080. The van der Waals surface area contributed by atoms with Crippen LogP contribution < -0.4 is 16.2 Å². The van der Waals surface area contributed by atoms with Gasteiger partial charge in [0.2, 0.25) is 11.0 Å². The molecule has 3 rings (SSSR count). The standard InChI is InChI=1S/C18H15FN6O4S2/c19-13-5-1-11(2-6-13)9-20-17-23-24-18(31-17)30-10-15(26)21-22-16(27)12-3-7-14(8-4-12)25(28)29/h1-8H,9-10H2,(H,20,23)(H,21,26)(H,22,27). The largest absolute Gasteiger partial charge is 0.356 e. The summed E-state index contributed by atoms with van der Waals surface area (Å²) in [5.74, 6) is -1.37. The summed E-state index contributed by atoms with van der Waals surface area (Å²) in [7, 11) is 0. The molecule has 10 nitrogen and oxygen atoms in total. The molecular formula is C18H15FN6O4S2. The molecule has 0 saturated carbocycles. The molecule has 0 aliphatic carbocycles. The molecule has 0 fully saturated rings. The van der Waals surface area contributed by atoms with Crippen molar-refractivity contribution in [1.29, 1.82) is 0 Å². The maximum Gasteiger partial charge on any atom is 0.269 e. The highest BCUT2D eigenvalue weighted by atomic mass is 32.2. The van der Waals surface area contributed by atoms with E-state index in [1.54, 1.807) is 12.1 Å². The maximum absolute atomic E-state index is 12.9. The van der Waals surface area contributed by atoms with E-state index in [1.807, 2.05) is 0 Å². The Kier molecular flexibility index (Phi) is 7.45. The van der Waals surface area contributed by atoms with Gasteiger partial charge in [-0.15, -0.1) is 10.2 Å². The highest BCUT2D eigenvalue weighted by Gasteiger charge is 2.12. The Morgan fingerprint density at radius 2 is 1.77 bits per heavy atom. The van der Waals surface area contributed by atoms with Crippen molar-refractivity contribution in [2.24, 2.45) is 0 Å². The number of hydrogen-bond acceptors (Lipinski definition) is 9. The first-order valence-electron chi connectivity index (χ1n) is 8.69. The van der Waals surface area contributed by atoms with E-state index in [0.29, 0.717) is 16.0 Å². The molecular weight excluding hydrogens is 447 g/mol. The number of thioether (sulfide) groups is 1. The molecule has 0 unspecified atom stereocenters. The van der Waals surface area contributed by atoms with Gasteiger partial charge >= 0.3 is 0 Å². The van der Waals surface area contributed by atoms with Gasteiger partial charge in [-0.3, -0.25) is 30.6 Å². The Labute approximate surface area is 183 Å². The van der Waals surface area contributed by atoms with Crippen molar-refractivity contribution in [1.82, 2.24) is 21.0 Å². The van der Waals surface area contributed by atoms with Crippen LogP contribution in [0.25, 0.3) is 0 Å². The van der Waals surface area contributed by atoms with Crippen molar-refractivity contribution in [2.45, 2.75) is 10.9 Å². The van der Waals surface area contributed by atoms with Crippen molar-refractivity contribution in [3.05, 3.63) is 75.6 Å². The fourth-order valence-corrected chi connectivity index (χ4v) is 3.76. The van der Waals surface area contributed by atoms with E-state index in [4.69, 9.17) is 0 Å². The third-order valence-corrected chi connectivity index (χ3v) is 5.76. The van der Waals surface area contributed by atoms with Crippen molar-refractivity contribution < 1.29 is 18.9 Å². The summed E-state index contributed by atoms with van der Waals surface area (Å²) in [6, 6.07) is 11.0. The summed E-state index contributed by atoms with van der Waals surface area (Å²) in [4.78, 5) is 33.9. The van der Waals surface area contributed by atoms with Gasteiger partial charge in [0.1, 0.15) is 5.82 Å². The molecule has 0 radical (unpaired) electrons. The van der Waals surface area contributed by atoms with E-state index in [2.05, 4.69) is 26.4 Å². The number of nitrogens with one attached hydrogen (secondary N) is 3. The number of anilines is 1. The van der Waals surface area contributed by atoms with Crippen LogP contribution in [0.2, 0.25) is 0 Å². The number of aromatic nitrogens is 2. The number of rotatable bonds is 8. The smallest absolute Gasteiger partial charge is 0.269 e. The predicted octanol–water partition coefficient (Wildman–Crippen LogP) is 2.75. The van der Waals surface area contributed by atoms with Crippen molar-refractivity contribution in [3.8, 4) is 0 Å². The highest BCUT2D eigenvalue weighted by molar-refractivity contribution is 8.01. The van der Waals surface area contributed by atoms with Gasteiger partial charge in [-0.25, -0.2) is 4.39 Å². The fourth-order valence-electron chi connectivity index (χ4n) is 2.22. The number of carbonyl (C=O) groups is 2. The summed E-state index contributed by atoms with van der Waals surface area (Å²) >= 11 is 2.40. The SMILES string of the molecule is O=C(CSc1nnc(NCc2ccc(F)cc2)s1)NNC(=O)c1ccc([N+](=O)[O-])cc1. The van der Waals surface area contributed by atoms with E-state index in [0.717, 1.165) is 17.3 Å². The minimum Gasteiger partial charge on any atom is -0.356 e. The summed E-state index contributed by atoms with van der Waals surface area (Å²) < 4.78 is 13.5. The monoisotopic (exact) mass is 462 g/mol. The van der Waals surface area contributed by atoms with Crippen LogP contribution in [0.4, 0.5) is 15.2 Å². The molecule has 0 saturated heterocycles. The number of nitrogens with zero attached hydrogens (tertiary/aromatic N) is 3. The maximum atomic E-state index is 12.9. The molecule has 0 aliphatic rings. The van der Waals surface area contributed by atoms with Crippen LogP contribution >= 0.6 is 23.1 Å². The number of amides is 2. The van der Waals surface area contributed by atoms with Gasteiger partial charge in [-0.2, -0.15) is 0 Å². The first-order valence-corrected chi connectivity index (χ1v) is 10.5. The van der Waals surface area contributed by atoms with Crippen LogP contribution in [0.1, 0.15) is 15.9 Å². The Balaban J connectivity index is 1.40. The lowest BCUT2D eigenvalue weighted by Gasteiger charge is -2.06. The van der Waals surface area contributed by atoms with Gasteiger partial charge in [0.15, 0.2) is 4.34 Å². The number of hydrazine groups is 1. The molecule has 31 heavy (non-hydrogen) atoms. The Morgan fingerprint density at radius 3 is 2.45 bits per heavy atom. The molecule has 0 atom stereocenters. The number of hydrogen-bond donors (Lipinski definition) is 3. The van der Waals surface area contributed by atoms with Crippen molar-refractivity contribution in [2.75, 3.05) is 11.1 Å². The molecule has 0 spiro atoms. The quantitative estimate of drug-likeness (QED) is 0.264. The molecule has 1 aromatic heterocycles. The second-order valence-corrected chi connectivity index (χ2v) is 8.15. The van der Waals surface area contributed by atoms with Crippen molar-refractivity contribution >= 4 is 45.7 Å². The van der Waals surface area contributed by atoms with Gasteiger partial charge in [-0.1, -0.05) is 35.2 Å². The molecule has 3 aromatic rings. The van der Waals surface area contributed by atoms with E-state index in [1.165, 1.54) is 47.7 Å². The van der Waals surface area contributed by atoms with Crippen LogP contribution in [0, 0.1) is 15.9 Å². The second kappa shape index (κ2) is 10.4. The normalized spacial score (nSPS) is 10.4. The van der Waals surface area contributed by atoms with E-state index < -0.39 is 16.7 Å². The molecule has 3 N–H and O–H groups in total. The zero-order chi connectivity index (χ0) is 22.2. The first kappa shape index (κ1) is 22.1. The van der Waals surface area contributed by atoms with Crippen LogP contribution in [0.3, 0.4) is 0 Å². The van der Waals surface area contributed by atoms with Gasteiger partial charge in [0, 0.05) is 24.2 Å². The molecule has 0 aliphatic heterocycles. The van der Waals surface area contributed by atoms with Crippen molar-refractivity contribution in [3.63, 3.8) is 0 Å². The number of benzene rings is 2. The van der Waals surface area contributed by atoms with E-state index >= 15 is 0 Å². The highest BCUT2D eigenvalue weighted by Crippen LogP contribution is 2.25. The number of nitro groups is 1. The molecule has 0 bridgehead atoms. The van der Waals surface area contributed by atoms with Gasteiger partial charge in [-0.05, 0) is 29.8 Å². The number of nitro benzene ring substituents is 1. The zero-order valence-electron chi connectivity index (χ0n) is 15.7. The molecule has 1 heterocycles. The van der Waals surface area contributed by atoms with E-state index in [9.17, 15) is 24.1 Å². The summed E-state index contributed by atoms with van der Waals surface area (Å²) in [6.45, 7) is 0.453. The molecule has 160 valence electrons. The lowest BCUT2D eigenvalue weighted by atomic mass is 10.2. The van der Waals surface area contributed by atoms with Gasteiger partial charge in [0.25, 0.3) is 11.6 Å². The molecule has 2 aromatic carbocycles. The predicted molar refractivity (Wildman–Crippen MR) is 113 cm³/mol. The third-order valence-electron chi connectivity index (χ3n) is 3.75. The van der Waals surface area contributed by atoms with Crippen LogP contribution in [-0.4, -0.2) is 32.7 Å². The zero-order valence-corrected chi connectivity index (χ0v) is 17.3.